The molecule has 1 aromatic rings. The number of alkyl carbamates (subject to hydrolysis) is 1. The lowest BCUT2D eigenvalue weighted by Gasteiger charge is -2.36. The summed E-state index contributed by atoms with van der Waals surface area (Å²) in [7, 11) is 0. The molecule has 7 nitrogen and oxygen atoms in total. The highest BCUT2D eigenvalue weighted by atomic mass is 32.2. The first-order chi connectivity index (χ1) is 15.7. The van der Waals surface area contributed by atoms with Gasteiger partial charge in [-0.2, -0.15) is 11.8 Å². The Bertz CT molecular complexity index is 872. The van der Waals surface area contributed by atoms with Crippen LogP contribution < -0.4 is 10.6 Å². The zero-order valence-corrected chi connectivity index (χ0v) is 22.7. The summed E-state index contributed by atoms with van der Waals surface area (Å²) in [4.78, 5) is 41.8. The van der Waals surface area contributed by atoms with E-state index < -0.39 is 29.3 Å². The zero-order valence-electron chi connectivity index (χ0n) is 21.9. The van der Waals surface area contributed by atoms with Crippen molar-refractivity contribution in [1.29, 1.82) is 0 Å². The van der Waals surface area contributed by atoms with E-state index in [4.69, 9.17) is 4.74 Å². The molecule has 2 N–H and O–H groups in total. The van der Waals surface area contributed by atoms with E-state index in [2.05, 4.69) is 10.6 Å². The number of ether oxygens (including phenoxy) is 1. The number of rotatable bonds is 9. The number of amides is 3. The summed E-state index contributed by atoms with van der Waals surface area (Å²) in [5.74, 6) is 0.214. The van der Waals surface area contributed by atoms with E-state index in [1.54, 1.807) is 37.4 Å². The van der Waals surface area contributed by atoms with Crippen LogP contribution in [0.15, 0.2) is 24.3 Å². The smallest absolute Gasteiger partial charge is 0.408 e. The molecule has 1 aliphatic carbocycles. The van der Waals surface area contributed by atoms with Gasteiger partial charge in [-0.3, -0.25) is 9.59 Å². The molecule has 190 valence electrons. The van der Waals surface area contributed by atoms with Gasteiger partial charge in [-0.15, -0.1) is 0 Å². The number of carbonyl (C=O) groups excluding carboxylic acids is 3. The Hall–Kier alpha value is -2.22. The van der Waals surface area contributed by atoms with Crippen molar-refractivity contribution in [3.63, 3.8) is 0 Å². The average Bonchev–Trinajstić information content (AvgIpc) is 3.50. The molecule has 1 aliphatic rings. The van der Waals surface area contributed by atoms with E-state index in [1.165, 1.54) is 0 Å². The van der Waals surface area contributed by atoms with Gasteiger partial charge in [0, 0.05) is 11.6 Å². The van der Waals surface area contributed by atoms with Gasteiger partial charge >= 0.3 is 6.09 Å². The summed E-state index contributed by atoms with van der Waals surface area (Å²) >= 11 is 1.60. The molecular formula is C26H41N3O4S. The molecule has 1 saturated carbocycles. The van der Waals surface area contributed by atoms with Crippen LogP contribution >= 0.6 is 11.8 Å². The number of aryl methyl sites for hydroxylation is 1. The lowest BCUT2D eigenvalue weighted by molar-refractivity contribution is -0.143. The number of hydrogen-bond acceptors (Lipinski definition) is 5. The van der Waals surface area contributed by atoms with E-state index in [-0.39, 0.29) is 17.9 Å². The van der Waals surface area contributed by atoms with Gasteiger partial charge in [0.25, 0.3) is 0 Å². The second kappa shape index (κ2) is 11.5. The maximum Gasteiger partial charge on any atom is 0.408 e. The Kier molecular flexibility index (Phi) is 9.45. The van der Waals surface area contributed by atoms with Crippen molar-refractivity contribution < 1.29 is 19.1 Å². The number of carbonyl (C=O) groups is 3. The lowest BCUT2D eigenvalue weighted by Crippen LogP contribution is -2.55. The molecule has 0 spiro atoms. The molecule has 3 amide bonds. The van der Waals surface area contributed by atoms with Crippen LogP contribution in [0.5, 0.6) is 0 Å². The van der Waals surface area contributed by atoms with Gasteiger partial charge in [-0.25, -0.2) is 4.79 Å². The van der Waals surface area contributed by atoms with Crippen LogP contribution in [0.1, 0.15) is 78.0 Å². The molecule has 0 bridgehead atoms. The Morgan fingerprint density at radius 3 is 2.29 bits per heavy atom. The largest absolute Gasteiger partial charge is 0.444 e. The highest BCUT2D eigenvalue weighted by molar-refractivity contribution is 7.98. The first kappa shape index (κ1) is 28.0. The van der Waals surface area contributed by atoms with Gasteiger partial charge in [-0.05, 0) is 85.3 Å². The van der Waals surface area contributed by atoms with E-state index in [1.807, 2.05) is 58.2 Å². The van der Waals surface area contributed by atoms with Crippen molar-refractivity contribution in [1.82, 2.24) is 15.5 Å². The second-order valence-corrected chi connectivity index (χ2v) is 12.0. The molecule has 0 radical (unpaired) electrons. The van der Waals surface area contributed by atoms with Gasteiger partial charge in [0.15, 0.2) is 0 Å². The zero-order chi connectivity index (χ0) is 25.7. The fraction of sp³-hybridized carbons (Fsp3) is 0.654. The first-order valence-electron chi connectivity index (χ1n) is 11.9. The summed E-state index contributed by atoms with van der Waals surface area (Å²) in [6, 6.07) is 6.11. The summed E-state index contributed by atoms with van der Waals surface area (Å²) in [5.41, 5.74) is 0.650. The van der Waals surface area contributed by atoms with Gasteiger partial charge in [0.05, 0.1) is 0 Å². The molecule has 1 fully saturated rings. The first-order valence-corrected chi connectivity index (χ1v) is 13.3. The minimum Gasteiger partial charge on any atom is -0.444 e. The predicted octanol–water partition coefficient (Wildman–Crippen LogP) is 4.59. The third kappa shape index (κ3) is 8.85. The molecule has 2 atom stereocenters. The number of nitrogens with zero attached hydrogens (tertiary/aromatic N) is 1. The van der Waals surface area contributed by atoms with Crippen molar-refractivity contribution in [3.8, 4) is 0 Å². The number of thioether (sulfide) groups is 1. The molecule has 8 heteroatoms. The Balaban J connectivity index is 2.43. The van der Waals surface area contributed by atoms with Crippen LogP contribution in [0.4, 0.5) is 4.79 Å². The van der Waals surface area contributed by atoms with Gasteiger partial charge in [0.2, 0.25) is 11.8 Å². The molecule has 0 heterocycles. The predicted molar refractivity (Wildman–Crippen MR) is 138 cm³/mol. The maximum absolute atomic E-state index is 14.0. The summed E-state index contributed by atoms with van der Waals surface area (Å²) in [6.45, 7) is 13.1. The van der Waals surface area contributed by atoms with Crippen LogP contribution in [-0.2, 0) is 14.3 Å². The summed E-state index contributed by atoms with van der Waals surface area (Å²) in [5, 5.41) is 5.84. The topological polar surface area (TPSA) is 87.7 Å². The van der Waals surface area contributed by atoms with E-state index in [0.717, 1.165) is 24.0 Å². The Labute approximate surface area is 208 Å². The van der Waals surface area contributed by atoms with Crippen molar-refractivity contribution in [2.45, 2.75) is 97.0 Å². The minimum atomic E-state index is -0.781. The molecule has 0 saturated heterocycles. The molecular weight excluding hydrogens is 450 g/mol. The van der Waals surface area contributed by atoms with Crippen LogP contribution in [-0.4, -0.2) is 58.0 Å². The van der Waals surface area contributed by atoms with Crippen LogP contribution in [0.25, 0.3) is 0 Å². The van der Waals surface area contributed by atoms with Gasteiger partial charge in [-0.1, -0.05) is 29.8 Å². The average molecular weight is 492 g/mol. The maximum atomic E-state index is 14.0. The quantitative estimate of drug-likeness (QED) is 0.528. The molecule has 2 rings (SSSR count). The third-order valence-corrected chi connectivity index (χ3v) is 5.82. The van der Waals surface area contributed by atoms with Crippen molar-refractivity contribution in [2.24, 2.45) is 0 Å². The highest BCUT2D eigenvalue weighted by Gasteiger charge is 2.44. The Morgan fingerprint density at radius 1 is 1.15 bits per heavy atom. The Morgan fingerprint density at radius 2 is 1.79 bits per heavy atom. The van der Waals surface area contributed by atoms with Crippen LogP contribution in [0, 0.1) is 6.92 Å². The number of hydrogen-bond donors (Lipinski definition) is 2. The van der Waals surface area contributed by atoms with Crippen molar-refractivity contribution in [2.75, 3.05) is 12.0 Å². The van der Waals surface area contributed by atoms with E-state index in [9.17, 15) is 14.4 Å². The highest BCUT2D eigenvalue weighted by Crippen LogP contribution is 2.36. The summed E-state index contributed by atoms with van der Waals surface area (Å²) < 4.78 is 5.42. The van der Waals surface area contributed by atoms with Crippen molar-refractivity contribution >= 4 is 29.7 Å². The van der Waals surface area contributed by atoms with Crippen molar-refractivity contribution in [3.05, 3.63) is 35.4 Å². The molecule has 0 aliphatic heterocycles. The molecule has 2 unspecified atom stereocenters. The number of benzene rings is 1. The second-order valence-electron chi connectivity index (χ2n) is 11.0. The van der Waals surface area contributed by atoms with Crippen LogP contribution in [0.2, 0.25) is 0 Å². The van der Waals surface area contributed by atoms with Gasteiger partial charge < -0.3 is 20.3 Å². The molecule has 1 aromatic carbocycles. The minimum absolute atomic E-state index is 0.0408. The fourth-order valence-electron chi connectivity index (χ4n) is 3.71. The SMILES string of the molecule is CSCCC(NC(=O)OC(C)(C)C)C(=O)N(C1CC1)C(C(=O)NC(C)(C)C)c1cccc(C)c1. The lowest BCUT2D eigenvalue weighted by atomic mass is 9.98. The van der Waals surface area contributed by atoms with Gasteiger partial charge in [0.1, 0.15) is 17.7 Å². The third-order valence-electron chi connectivity index (χ3n) is 5.18. The van der Waals surface area contributed by atoms with Crippen LogP contribution in [0.3, 0.4) is 0 Å². The van der Waals surface area contributed by atoms with E-state index in [0.29, 0.717) is 12.2 Å². The molecule has 0 aromatic heterocycles. The number of nitrogens with one attached hydrogen (secondary N) is 2. The molecule has 34 heavy (non-hydrogen) atoms. The summed E-state index contributed by atoms with van der Waals surface area (Å²) in [6.07, 6.45) is 3.44. The normalized spacial score (nSPS) is 15.8. The standard InChI is InChI=1S/C26H41N3O4S/c1-17-10-9-11-18(16-17)21(22(30)28-25(2,3)4)29(19-12-13-19)23(31)20(14-15-34-8)27-24(32)33-26(5,6)7/h9-11,16,19-21H,12-15H2,1-8H3,(H,27,32)(H,28,30). The van der Waals surface area contributed by atoms with E-state index >= 15 is 0 Å². The monoisotopic (exact) mass is 491 g/mol. The fourth-order valence-corrected chi connectivity index (χ4v) is 4.18.